The largest absolute Gasteiger partial charge is 0.256 e. The highest BCUT2D eigenvalue weighted by molar-refractivity contribution is 6.08. The summed E-state index contributed by atoms with van der Waals surface area (Å²) in [5.41, 5.74) is 26.2. The van der Waals surface area contributed by atoms with E-state index in [1.807, 2.05) is 49.1 Å². The third kappa shape index (κ3) is 10.9. The van der Waals surface area contributed by atoms with E-state index in [-0.39, 0.29) is 0 Å². The summed E-state index contributed by atoms with van der Waals surface area (Å²) in [6, 6.07) is 110. The Morgan fingerprint density at radius 2 is 0.423 bits per heavy atom. The minimum absolute atomic E-state index is 0.916. The topological polar surface area (TPSA) is 129 Å². The number of pyridine rings is 10. The van der Waals surface area contributed by atoms with Gasteiger partial charge >= 0.3 is 0 Å². The van der Waals surface area contributed by atoms with Gasteiger partial charge in [-0.25, -0.2) is 29.9 Å². The molecule has 104 heavy (non-hydrogen) atoms. The van der Waals surface area contributed by atoms with Crippen molar-refractivity contribution in [1.29, 1.82) is 0 Å². The van der Waals surface area contributed by atoms with Crippen LogP contribution in [0, 0.1) is 0 Å². The fourth-order valence-electron chi connectivity index (χ4n) is 14.6. The monoisotopic (exact) mass is 1320 g/mol. The molecule has 0 saturated heterocycles. The van der Waals surface area contributed by atoms with Crippen LogP contribution in [0.25, 0.3) is 210 Å². The van der Waals surface area contributed by atoms with Crippen molar-refractivity contribution >= 4 is 120 Å². The Bertz CT molecular complexity index is 7080. The van der Waals surface area contributed by atoms with E-state index < -0.39 is 0 Å². The smallest absolute Gasteiger partial charge is 0.0972 e. The van der Waals surface area contributed by atoms with E-state index in [9.17, 15) is 0 Å². The summed E-state index contributed by atoms with van der Waals surface area (Å²) in [4.78, 5) is 48.5. The van der Waals surface area contributed by atoms with E-state index in [1.165, 1.54) is 0 Å². The van der Waals surface area contributed by atoms with Crippen LogP contribution in [-0.2, 0) is 0 Å². The minimum Gasteiger partial charge on any atom is -0.256 e. The summed E-state index contributed by atoms with van der Waals surface area (Å²) in [5.74, 6) is 0. The number of aromatic nitrogens is 10. The third-order valence-corrected chi connectivity index (χ3v) is 20.0. The van der Waals surface area contributed by atoms with Gasteiger partial charge in [-0.05, 0) is 166 Å². The van der Waals surface area contributed by atoms with Crippen LogP contribution in [0.4, 0.5) is 0 Å². The number of fused-ring (bicyclic) bond motifs is 13. The van der Waals surface area contributed by atoms with E-state index in [2.05, 4.69) is 311 Å². The molecular formula is C94H56N10. The molecule has 0 N–H and O–H groups in total. The molecule has 0 saturated carbocycles. The molecule has 10 heterocycles. The van der Waals surface area contributed by atoms with Crippen molar-refractivity contribution in [3.63, 3.8) is 0 Å². The summed E-state index contributed by atoms with van der Waals surface area (Å²) in [6.07, 6.45) is 7.30. The van der Waals surface area contributed by atoms with Gasteiger partial charge in [0.2, 0.25) is 0 Å². The summed E-state index contributed by atoms with van der Waals surface area (Å²) in [5, 5.41) is 13.2. The first kappa shape index (κ1) is 59.8. The summed E-state index contributed by atoms with van der Waals surface area (Å²) < 4.78 is 0. The zero-order valence-electron chi connectivity index (χ0n) is 55.8. The molecule has 0 aliphatic carbocycles. The van der Waals surface area contributed by atoms with Gasteiger partial charge in [0.1, 0.15) is 0 Å². The van der Waals surface area contributed by atoms with Crippen LogP contribution in [-0.4, -0.2) is 49.8 Å². The lowest BCUT2D eigenvalue weighted by atomic mass is 9.95. The maximum absolute atomic E-state index is 5.18. The third-order valence-electron chi connectivity index (χ3n) is 20.0. The van der Waals surface area contributed by atoms with Crippen LogP contribution in [0.5, 0.6) is 0 Å². The molecule has 0 amide bonds. The number of hydrogen-bond acceptors (Lipinski definition) is 10. The van der Waals surface area contributed by atoms with E-state index in [0.29, 0.717) is 0 Å². The molecule has 0 spiro atoms. The maximum Gasteiger partial charge on any atom is 0.0972 e. The second-order valence-corrected chi connectivity index (χ2v) is 26.3. The zero-order valence-corrected chi connectivity index (χ0v) is 55.8. The van der Waals surface area contributed by atoms with Crippen molar-refractivity contribution in [3.05, 3.63) is 340 Å². The predicted octanol–water partition coefficient (Wildman–Crippen LogP) is 23.3. The molecule has 0 atom stereocenters. The number of rotatable bonds is 8. The van der Waals surface area contributed by atoms with Crippen LogP contribution >= 0.6 is 0 Å². The molecule has 0 fully saturated rings. The van der Waals surface area contributed by atoms with Crippen LogP contribution in [0.2, 0.25) is 0 Å². The minimum atomic E-state index is 0.916. The van der Waals surface area contributed by atoms with Gasteiger partial charge in [-0.3, -0.25) is 19.9 Å². The molecule has 0 aliphatic heterocycles. The Balaban J connectivity index is 0.000000139. The Labute approximate surface area is 596 Å². The van der Waals surface area contributed by atoms with Gasteiger partial charge in [0.25, 0.3) is 0 Å². The van der Waals surface area contributed by atoms with Crippen LogP contribution in [0.3, 0.4) is 0 Å². The van der Waals surface area contributed by atoms with Gasteiger partial charge in [0.15, 0.2) is 0 Å². The molecule has 21 rings (SSSR count). The van der Waals surface area contributed by atoms with Gasteiger partial charge in [-0.15, -0.1) is 0 Å². The fourth-order valence-corrected chi connectivity index (χ4v) is 14.6. The molecule has 0 radical (unpaired) electrons. The number of nitrogens with zero attached hydrogens (tertiary/aromatic N) is 10. The SMILES string of the molecule is c1cnc2ccc(-c3ccc4cc(-c5ccc6nc(-c7ccc(-c8ccc9ccc%10cccnc%10c9n8)c8ccccc78)ccc6c5)ccc4n3)cc2c1.c1cnc2ccc(-c3ccc4cc(-c5ccc6nc(-c7ccc(-c8ccc9ccc%10cccnc%10c9n8)cc7)ccc6c5)ccc4n3)cc2c1. The van der Waals surface area contributed by atoms with E-state index >= 15 is 0 Å². The molecule has 0 aliphatic rings. The average Bonchev–Trinajstić information content (AvgIpc) is 0.754. The van der Waals surface area contributed by atoms with Crippen molar-refractivity contribution in [2.75, 3.05) is 0 Å². The molecule has 10 aromatic heterocycles. The molecule has 482 valence electrons. The Kier molecular flexibility index (Phi) is 14.3. The predicted molar refractivity (Wildman–Crippen MR) is 427 cm³/mol. The summed E-state index contributed by atoms with van der Waals surface area (Å²) in [6.45, 7) is 0. The lowest BCUT2D eigenvalue weighted by molar-refractivity contribution is 1.36. The molecule has 21 aromatic rings. The van der Waals surface area contributed by atoms with Crippen molar-refractivity contribution in [3.8, 4) is 89.8 Å². The van der Waals surface area contributed by atoms with Gasteiger partial charge in [-0.1, -0.05) is 182 Å². The Morgan fingerprint density at radius 1 is 0.154 bits per heavy atom. The van der Waals surface area contributed by atoms with Crippen molar-refractivity contribution in [2.24, 2.45) is 0 Å². The van der Waals surface area contributed by atoms with Crippen molar-refractivity contribution in [2.45, 2.75) is 0 Å². The van der Waals surface area contributed by atoms with Crippen molar-refractivity contribution in [1.82, 2.24) is 49.8 Å². The molecule has 0 bridgehead atoms. The van der Waals surface area contributed by atoms with Gasteiger partial charge < -0.3 is 0 Å². The number of benzene rings is 11. The summed E-state index contributed by atoms with van der Waals surface area (Å²) >= 11 is 0. The quantitative estimate of drug-likeness (QED) is 0.136. The van der Waals surface area contributed by atoms with Crippen LogP contribution < -0.4 is 0 Å². The normalized spacial score (nSPS) is 11.7. The lowest BCUT2D eigenvalue weighted by Crippen LogP contribution is -1.92. The van der Waals surface area contributed by atoms with E-state index in [0.717, 1.165) is 210 Å². The van der Waals surface area contributed by atoms with Crippen molar-refractivity contribution < 1.29 is 0 Å². The van der Waals surface area contributed by atoms with Crippen LogP contribution in [0.1, 0.15) is 0 Å². The standard InChI is InChI=1S/C49H29N5.C45H27N5/c1-2-8-39-38(7-1)40(17-18-41(39)47-23-11-31-10-9-30-5-3-26-51-48(30)49(31)54-47)46-24-16-36-28-33(13-21-45(36)53-46)32-12-20-43-35(27-32)15-22-44(52-43)37-14-19-42-34(29-37)6-4-25-50-42;1-3-30-9-10-31-11-18-40(50-45(31)44(30)47-24-1)29-7-5-28(6-8-29)39-21-15-35-25-32(12-19-41(35)48-39)33-13-20-42-36(26-33)16-22-43(49-42)37-14-17-38-34(27-37)4-2-23-46-38/h1-29H;1-27H. The molecule has 0 unspecified atom stereocenters. The maximum atomic E-state index is 5.18. The highest BCUT2D eigenvalue weighted by Crippen LogP contribution is 2.39. The highest BCUT2D eigenvalue weighted by atomic mass is 14.8. The molecule has 11 aromatic carbocycles. The second-order valence-electron chi connectivity index (χ2n) is 26.3. The summed E-state index contributed by atoms with van der Waals surface area (Å²) in [7, 11) is 0. The van der Waals surface area contributed by atoms with Crippen LogP contribution in [0.15, 0.2) is 340 Å². The van der Waals surface area contributed by atoms with E-state index in [1.54, 1.807) is 0 Å². The average molecular weight is 1330 g/mol. The van der Waals surface area contributed by atoms with Gasteiger partial charge in [-0.2, -0.15) is 0 Å². The molecular weight excluding hydrogens is 1270 g/mol. The first-order chi connectivity index (χ1) is 51.4. The second kappa shape index (κ2) is 24.9. The molecule has 10 heteroatoms. The van der Waals surface area contributed by atoms with Gasteiger partial charge in [0, 0.05) is 112 Å². The zero-order chi connectivity index (χ0) is 68.6. The highest BCUT2D eigenvalue weighted by Gasteiger charge is 2.17. The molecule has 10 nitrogen and oxygen atoms in total. The Hall–Kier alpha value is -14.2. The first-order valence-electron chi connectivity index (χ1n) is 34.7. The Morgan fingerprint density at radius 3 is 0.846 bits per heavy atom. The van der Waals surface area contributed by atoms with Gasteiger partial charge in [0.05, 0.1) is 89.3 Å². The van der Waals surface area contributed by atoms with E-state index in [4.69, 9.17) is 29.9 Å². The number of hydrogen-bond donors (Lipinski definition) is 0. The first-order valence-corrected chi connectivity index (χ1v) is 34.7. The lowest BCUT2D eigenvalue weighted by Gasteiger charge is -2.13. The fraction of sp³-hybridized carbons (Fsp3) is 0.